The van der Waals surface area contributed by atoms with Crippen LogP contribution in [0.15, 0.2) is 46.6 Å². The zero-order valence-electron chi connectivity index (χ0n) is 14.2. The van der Waals surface area contributed by atoms with Gasteiger partial charge in [0, 0.05) is 24.6 Å². The lowest BCUT2D eigenvalue weighted by atomic mass is 9.78. The summed E-state index contributed by atoms with van der Waals surface area (Å²) in [5.41, 5.74) is 1.32. The minimum Gasteiger partial charge on any atom is -0.392 e. The van der Waals surface area contributed by atoms with Gasteiger partial charge in [0.1, 0.15) is 10.8 Å². The highest BCUT2D eigenvalue weighted by molar-refractivity contribution is 7.99. The molecule has 0 radical (unpaired) electrons. The first-order valence-corrected chi connectivity index (χ1v) is 9.60. The van der Waals surface area contributed by atoms with Gasteiger partial charge in [-0.3, -0.25) is 0 Å². The number of piperidine rings is 1. The number of benzene rings is 1. The molecule has 0 atom stereocenters. The quantitative estimate of drug-likeness (QED) is 0.907. The van der Waals surface area contributed by atoms with Crippen molar-refractivity contribution in [1.82, 2.24) is 9.97 Å². The number of hydrogen-bond acceptors (Lipinski definition) is 6. The molecule has 4 rings (SSSR count). The van der Waals surface area contributed by atoms with E-state index >= 15 is 0 Å². The Morgan fingerprint density at radius 1 is 1.16 bits per heavy atom. The Morgan fingerprint density at radius 3 is 2.72 bits per heavy atom. The highest BCUT2D eigenvalue weighted by atomic mass is 32.2. The monoisotopic (exact) mass is 357 g/mol. The number of aromatic nitrogens is 2. The van der Waals surface area contributed by atoms with Gasteiger partial charge in [0.05, 0.1) is 25.6 Å². The van der Waals surface area contributed by atoms with Crippen LogP contribution in [0.4, 0.5) is 5.82 Å². The van der Waals surface area contributed by atoms with Gasteiger partial charge in [0.15, 0.2) is 0 Å². The second-order valence-corrected chi connectivity index (χ2v) is 8.00. The summed E-state index contributed by atoms with van der Waals surface area (Å²) in [7, 11) is 0. The van der Waals surface area contributed by atoms with Gasteiger partial charge in [-0.05, 0) is 42.4 Å². The maximum Gasteiger partial charge on any atom is 0.147 e. The van der Waals surface area contributed by atoms with Gasteiger partial charge in [-0.25, -0.2) is 9.97 Å². The maximum atomic E-state index is 9.23. The lowest BCUT2D eigenvalue weighted by Crippen LogP contribution is -2.40. The Hall–Kier alpha value is -1.63. The summed E-state index contributed by atoms with van der Waals surface area (Å²) >= 11 is 1.57. The van der Waals surface area contributed by atoms with Gasteiger partial charge >= 0.3 is 0 Å². The van der Waals surface area contributed by atoms with Crippen LogP contribution in [0.3, 0.4) is 0 Å². The normalized spacial score (nSPS) is 19.5. The first kappa shape index (κ1) is 16.8. The molecule has 2 fully saturated rings. The fourth-order valence-corrected chi connectivity index (χ4v) is 4.42. The van der Waals surface area contributed by atoms with Crippen LogP contribution in [0.2, 0.25) is 0 Å². The van der Waals surface area contributed by atoms with E-state index in [4.69, 9.17) is 4.74 Å². The number of nitrogens with zero attached hydrogens (tertiary/aromatic N) is 3. The van der Waals surface area contributed by atoms with Crippen molar-refractivity contribution in [3.8, 4) is 0 Å². The minimum absolute atomic E-state index is 0.0561. The first-order chi connectivity index (χ1) is 12.3. The summed E-state index contributed by atoms with van der Waals surface area (Å²) < 4.78 is 5.60. The fourth-order valence-electron chi connectivity index (χ4n) is 3.61. The first-order valence-electron chi connectivity index (χ1n) is 8.79. The number of aliphatic hydroxyl groups is 1. The topological polar surface area (TPSA) is 58.5 Å². The van der Waals surface area contributed by atoms with Crippen molar-refractivity contribution in [3.63, 3.8) is 0 Å². The zero-order valence-corrected chi connectivity index (χ0v) is 15.0. The van der Waals surface area contributed by atoms with E-state index in [0.29, 0.717) is 5.41 Å². The molecule has 1 aromatic heterocycles. The second-order valence-electron chi connectivity index (χ2n) is 6.91. The lowest BCUT2D eigenvalue weighted by Gasteiger charge is -2.38. The van der Waals surface area contributed by atoms with Gasteiger partial charge in [-0.2, -0.15) is 0 Å². The van der Waals surface area contributed by atoms with E-state index in [1.54, 1.807) is 11.8 Å². The van der Waals surface area contributed by atoms with Crippen molar-refractivity contribution in [2.24, 2.45) is 5.41 Å². The van der Waals surface area contributed by atoms with Crippen LogP contribution < -0.4 is 4.90 Å². The summed E-state index contributed by atoms with van der Waals surface area (Å²) in [5.74, 6) is 0.960. The molecule has 6 heteroatoms. The molecule has 132 valence electrons. The highest BCUT2D eigenvalue weighted by Gasteiger charge is 2.38. The molecule has 2 aliphatic heterocycles. The van der Waals surface area contributed by atoms with E-state index in [0.717, 1.165) is 47.6 Å². The Labute approximate surface area is 152 Å². The Balaban J connectivity index is 1.38. The van der Waals surface area contributed by atoms with E-state index in [1.807, 2.05) is 36.7 Å². The summed E-state index contributed by atoms with van der Waals surface area (Å²) in [6.07, 6.45) is 7.28. The van der Waals surface area contributed by atoms with E-state index < -0.39 is 0 Å². The van der Waals surface area contributed by atoms with Crippen LogP contribution in [0.5, 0.6) is 0 Å². The molecule has 1 spiro atoms. The molecule has 0 bridgehead atoms. The maximum absolute atomic E-state index is 9.23. The minimum atomic E-state index is 0.0561. The lowest BCUT2D eigenvalue weighted by molar-refractivity contribution is 0.133. The summed E-state index contributed by atoms with van der Waals surface area (Å²) in [6, 6.07) is 7.87. The highest BCUT2D eigenvalue weighted by Crippen LogP contribution is 2.39. The fraction of sp³-hybridized carbons (Fsp3) is 0.474. The molecule has 0 aliphatic carbocycles. The average molecular weight is 357 g/mol. The molecule has 0 unspecified atom stereocenters. The van der Waals surface area contributed by atoms with E-state index in [1.165, 1.54) is 19.3 Å². The molecule has 2 saturated heterocycles. The van der Waals surface area contributed by atoms with Crippen molar-refractivity contribution in [2.45, 2.75) is 35.8 Å². The van der Waals surface area contributed by atoms with Crippen LogP contribution in [0.25, 0.3) is 0 Å². The van der Waals surface area contributed by atoms with Crippen molar-refractivity contribution in [1.29, 1.82) is 0 Å². The SMILES string of the molecule is OCc1cccc(Sc2cnc(N3CCC4(CCOC4)CC3)cn2)c1. The van der Waals surface area contributed by atoms with Crippen LogP contribution in [0, 0.1) is 5.41 Å². The predicted octanol–water partition coefficient (Wildman–Crippen LogP) is 3.13. The van der Waals surface area contributed by atoms with Crippen LogP contribution in [0.1, 0.15) is 24.8 Å². The third-order valence-electron chi connectivity index (χ3n) is 5.25. The molecular weight excluding hydrogens is 334 g/mol. The van der Waals surface area contributed by atoms with Crippen LogP contribution >= 0.6 is 11.8 Å². The smallest absolute Gasteiger partial charge is 0.147 e. The molecule has 0 amide bonds. The van der Waals surface area contributed by atoms with Crippen molar-refractivity contribution in [3.05, 3.63) is 42.2 Å². The third kappa shape index (κ3) is 3.81. The molecule has 2 aromatic rings. The summed E-state index contributed by atoms with van der Waals surface area (Å²) in [6.45, 7) is 3.96. The number of ether oxygens (including phenoxy) is 1. The van der Waals surface area contributed by atoms with Crippen LogP contribution in [-0.4, -0.2) is 41.4 Å². The standard InChI is InChI=1S/C19H23N3O2S/c23-13-15-2-1-3-16(10-15)25-18-12-20-17(11-21-18)22-7-4-19(5-8-22)6-9-24-14-19/h1-3,10-12,23H,4-9,13-14H2. The van der Waals surface area contributed by atoms with E-state index in [9.17, 15) is 5.11 Å². The largest absolute Gasteiger partial charge is 0.392 e. The molecular formula is C19H23N3O2S. The molecule has 0 saturated carbocycles. The molecule has 1 N–H and O–H groups in total. The molecule has 5 nitrogen and oxygen atoms in total. The van der Waals surface area contributed by atoms with Gasteiger partial charge in [0.2, 0.25) is 0 Å². The average Bonchev–Trinajstić information content (AvgIpc) is 3.11. The van der Waals surface area contributed by atoms with Gasteiger partial charge < -0.3 is 14.7 Å². The van der Waals surface area contributed by atoms with E-state index in [2.05, 4.69) is 14.9 Å². The van der Waals surface area contributed by atoms with Gasteiger partial charge in [-0.15, -0.1) is 0 Å². The van der Waals surface area contributed by atoms with Crippen molar-refractivity contribution < 1.29 is 9.84 Å². The Kier molecular flexibility index (Phi) is 4.92. The Morgan fingerprint density at radius 2 is 2.04 bits per heavy atom. The summed E-state index contributed by atoms with van der Waals surface area (Å²) in [5, 5.41) is 10.1. The van der Waals surface area contributed by atoms with Crippen molar-refractivity contribution in [2.75, 3.05) is 31.2 Å². The molecule has 1 aromatic carbocycles. The number of hydrogen-bond donors (Lipinski definition) is 1. The van der Waals surface area contributed by atoms with Gasteiger partial charge in [0.25, 0.3) is 0 Å². The van der Waals surface area contributed by atoms with Crippen molar-refractivity contribution >= 4 is 17.6 Å². The summed E-state index contributed by atoms with van der Waals surface area (Å²) in [4.78, 5) is 12.6. The number of aliphatic hydroxyl groups excluding tert-OH is 1. The van der Waals surface area contributed by atoms with E-state index in [-0.39, 0.29) is 6.61 Å². The second kappa shape index (κ2) is 7.32. The zero-order chi connectivity index (χ0) is 17.1. The van der Waals surface area contributed by atoms with Gasteiger partial charge in [-0.1, -0.05) is 23.9 Å². The third-order valence-corrected chi connectivity index (χ3v) is 6.16. The molecule has 25 heavy (non-hydrogen) atoms. The van der Waals surface area contributed by atoms with Crippen LogP contribution in [-0.2, 0) is 11.3 Å². The number of anilines is 1. The predicted molar refractivity (Wildman–Crippen MR) is 97.8 cm³/mol. The molecule has 2 aliphatic rings. The molecule has 3 heterocycles. The number of rotatable bonds is 4. The Bertz CT molecular complexity index is 707.